The van der Waals surface area contributed by atoms with Crippen molar-refractivity contribution < 1.29 is 9.47 Å². The van der Waals surface area contributed by atoms with Gasteiger partial charge in [0.05, 0.1) is 25.8 Å². The van der Waals surface area contributed by atoms with Crippen LogP contribution < -0.4 is 10.3 Å². The molecule has 3 aromatic carbocycles. The van der Waals surface area contributed by atoms with E-state index in [0.717, 1.165) is 17.4 Å². The summed E-state index contributed by atoms with van der Waals surface area (Å²) in [5.74, 6) is 1.20. The first-order valence-corrected chi connectivity index (χ1v) is 12.9. The van der Waals surface area contributed by atoms with Crippen molar-refractivity contribution in [1.82, 2.24) is 30.1 Å². The fraction of sp³-hybridized carbons (Fsp3) is 0.267. The normalized spacial score (nSPS) is 12.2. The Kier molecular flexibility index (Phi) is 8.40. The molecule has 2 aromatic heterocycles. The van der Waals surface area contributed by atoms with E-state index in [1.165, 1.54) is 5.56 Å². The van der Waals surface area contributed by atoms with Crippen LogP contribution in [0.1, 0.15) is 28.6 Å². The van der Waals surface area contributed by atoms with Crippen molar-refractivity contribution in [2.24, 2.45) is 0 Å². The average Bonchev–Trinajstić information content (AvgIpc) is 3.44. The zero-order valence-corrected chi connectivity index (χ0v) is 22.2. The lowest BCUT2D eigenvalue weighted by atomic mass is 10.0. The molecule has 39 heavy (non-hydrogen) atoms. The molecule has 0 saturated heterocycles. The number of rotatable bonds is 12. The van der Waals surface area contributed by atoms with Crippen LogP contribution in [0.15, 0.2) is 89.7 Å². The molecule has 0 amide bonds. The van der Waals surface area contributed by atoms with E-state index in [-0.39, 0.29) is 5.56 Å². The van der Waals surface area contributed by atoms with Crippen molar-refractivity contribution in [2.45, 2.75) is 25.6 Å². The van der Waals surface area contributed by atoms with E-state index >= 15 is 0 Å². The third kappa shape index (κ3) is 6.05. The first-order valence-electron chi connectivity index (χ1n) is 12.9. The third-order valence-corrected chi connectivity index (χ3v) is 6.82. The Hall–Kier alpha value is -4.34. The first-order chi connectivity index (χ1) is 19.2. The second kappa shape index (κ2) is 12.5. The Morgan fingerprint density at radius 2 is 1.69 bits per heavy atom. The quantitative estimate of drug-likeness (QED) is 0.263. The molecule has 5 rings (SSSR count). The Bertz CT molecular complexity index is 1550. The number of methoxy groups -OCH3 is 2. The predicted octanol–water partition coefficient (Wildman–Crippen LogP) is 4.00. The lowest BCUT2D eigenvalue weighted by Crippen LogP contribution is -2.36. The van der Waals surface area contributed by atoms with Crippen molar-refractivity contribution in [3.8, 4) is 5.75 Å². The van der Waals surface area contributed by atoms with E-state index in [1.54, 1.807) is 18.9 Å². The summed E-state index contributed by atoms with van der Waals surface area (Å²) in [6.07, 6.45) is 0.795. The van der Waals surface area contributed by atoms with Gasteiger partial charge in [-0.3, -0.25) is 9.69 Å². The zero-order valence-electron chi connectivity index (χ0n) is 22.2. The number of benzene rings is 3. The van der Waals surface area contributed by atoms with E-state index in [9.17, 15) is 4.79 Å². The molecule has 2 heterocycles. The summed E-state index contributed by atoms with van der Waals surface area (Å²) in [7, 11) is 3.24. The van der Waals surface area contributed by atoms with Crippen LogP contribution in [0.5, 0.6) is 5.75 Å². The summed E-state index contributed by atoms with van der Waals surface area (Å²) in [5, 5.41) is 13.6. The topological polar surface area (TPSA) is 98.2 Å². The average molecular weight is 525 g/mol. The Labute approximate surface area is 227 Å². The summed E-state index contributed by atoms with van der Waals surface area (Å²) in [5.41, 5.74) is 3.35. The molecule has 1 N–H and O–H groups in total. The molecular formula is C30H32N6O3. The van der Waals surface area contributed by atoms with Gasteiger partial charge >= 0.3 is 0 Å². The fourth-order valence-electron chi connectivity index (χ4n) is 4.87. The largest absolute Gasteiger partial charge is 0.495 e. The van der Waals surface area contributed by atoms with Gasteiger partial charge in [0, 0.05) is 31.1 Å². The molecule has 0 bridgehead atoms. The van der Waals surface area contributed by atoms with E-state index in [1.807, 2.05) is 60.7 Å². The van der Waals surface area contributed by atoms with Gasteiger partial charge in [-0.2, -0.15) is 0 Å². The molecule has 0 aliphatic rings. The van der Waals surface area contributed by atoms with Crippen LogP contribution in [0.25, 0.3) is 10.9 Å². The molecule has 0 aliphatic heterocycles. The molecule has 9 nitrogen and oxygen atoms in total. The minimum absolute atomic E-state index is 0.212. The number of hydrogen-bond donors (Lipinski definition) is 1. The van der Waals surface area contributed by atoms with Crippen LogP contribution in [0.4, 0.5) is 0 Å². The second-order valence-corrected chi connectivity index (χ2v) is 9.33. The minimum Gasteiger partial charge on any atom is -0.495 e. The standard InChI is InChI=1S/C30H32N6O3/c1-38-19-18-36-29(32-33-34-36)28(25-20-24-14-9-15-26(39-2)27(24)31-30(25)37)35(21-23-12-7-4-8-13-23)17-16-22-10-5-3-6-11-22/h3-15,20,28H,16-19,21H2,1-2H3,(H,31,37). The van der Waals surface area contributed by atoms with Gasteiger partial charge in [-0.1, -0.05) is 72.8 Å². The van der Waals surface area contributed by atoms with E-state index < -0.39 is 6.04 Å². The number of hydrogen-bond acceptors (Lipinski definition) is 7. The molecule has 200 valence electrons. The number of ether oxygens (including phenoxy) is 2. The molecular weight excluding hydrogens is 492 g/mol. The third-order valence-electron chi connectivity index (χ3n) is 6.82. The molecule has 0 aliphatic carbocycles. The number of fused-ring (bicyclic) bond motifs is 1. The smallest absolute Gasteiger partial charge is 0.253 e. The number of para-hydroxylation sites is 1. The highest BCUT2D eigenvalue weighted by atomic mass is 16.5. The maximum atomic E-state index is 13.8. The number of nitrogens with zero attached hydrogens (tertiary/aromatic N) is 5. The van der Waals surface area contributed by atoms with Gasteiger partial charge in [0.2, 0.25) is 0 Å². The maximum absolute atomic E-state index is 13.8. The molecule has 9 heteroatoms. The zero-order chi connectivity index (χ0) is 27.0. The summed E-state index contributed by atoms with van der Waals surface area (Å²) in [6, 6.07) is 27.7. The molecule has 0 spiro atoms. The first kappa shape index (κ1) is 26.3. The highest BCUT2D eigenvalue weighted by Crippen LogP contribution is 2.30. The monoisotopic (exact) mass is 524 g/mol. The molecule has 0 saturated carbocycles. The van der Waals surface area contributed by atoms with Gasteiger partial charge in [0.25, 0.3) is 5.56 Å². The van der Waals surface area contributed by atoms with Crippen molar-refractivity contribution in [3.05, 3.63) is 118 Å². The van der Waals surface area contributed by atoms with Gasteiger partial charge in [-0.05, 0) is 40.1 Å². The highest BCUT2D eigenvalue weighted by molar-refractivity contribution is 5.84. The van der Waals surface area contributed by atoms with E-state index in [2.05, 4.69) is 49.7 Å². The number of tetrazole rings is 1. The molecule has 0 radical (unpaired) electrons. The van der Waals surface area contributed by atoms with Crippen LogP contribution in [0, 0.1) is 0 Å². The number of nitrogens with one attached hydrogen (secondary N) is 1. The lowest BCUT2D eigenvalue weighted by Gasteiger charge is -2.31. The van der Waals surface area contributed by atoms with Crippen LogP contribution in [-0.4, -0.2) is 57.5 Å². The van der Waals surface area contributed by atoms with Gasteiger partial charge in [-0.15, -0.1) is 5.10 Å². The van der Waals surface area contributed by atoms with Gasteiger partial charge in [0.15, 0.2) is 5.82 Å². The van der Waals surface area contributed by atoms with E-state index in [4.69, 9.17) is 9.47 Å². The van der Waals surface area contributed by atoms with Crippen molar-refractivity contribution in [3.63, 3.8) is 0 Å². The molecule has 5 aromatic rings. The Morgan fingerprint density at radius 1 is 0.949 bits per heavy atom. The summed E-state index contributed by atoms with van der Waals surface area (Å²) in [6.45, 7) is 2.19. The fourth-order valence-corrected chi connectivity index (χ4v) is 4.87. The molecule has 0 fully saturated rings. The summed E-state index contributed by atoms with van der Waals surface area (Å²) >= 11 is 0. The summed E-state index contributed by atoms with van der Waals surface area (Å²) < 4.78 is 12.5. The molecule has 1 atom stereocenters. The SMILES string of the molecule is COCCn1nnnc1C(c1cc2cccc(OC)c2[nH]c1=O)N(CCc1ccccc1)Cc1ccccc1. The van der Waals surface area contributed by atoms with Gasteiger partial charge in [-0.25, -0.2) is 4.68 Å². The summed E-state index contributed by atoms with van der Waals surface area (Å²) in [4.78, 5) is 19.1. The Morgan fingerprint density at radius 3 is 2.41 bits per heavy atom. The highest BCUT2D eigenvalue weighted by Gasteiger charge is 2.31. The maximum Gasteiger partial charge on any atom is 0.253 e. The second-order valence-electron chi connectivity index (χ2n) is 9.33. The van der Waals surface area contributed by atoms with Crippen LogP contribution in [0.3, 0.4) is 0 Å². The number of aromatic nitrogens is 5. The van der Waals surface area contributed by atoms with E-state index in [0.29, 0.717) is 48.9 Å². The predicted molar refractivity (Wildman–Crippen MR) is 150 cm³/mol. The lowest BCUT2D eigenvalue weighted by molar-refractivity contribution is 0.172. The van der Waals surface area contributed by atoms with Gasteiger partial charge < -0.3 is 14.5 Å². The van der Waals surface area contributed by atoms with Crippen molar-refractivity contribution >= 4 is 10.9 Å². The van der Waals surface area contributed by atoms with Crippen molar-refractivity contribution in [1.29, 1.82) is 0 Å². The number of aromatic amines is 1. The van der Waals surface area contributed by atoms with Crippen LogP contribution in [-0.2, 0) is 24.2 Å². The number of H-pyrrole nitrogens is 1. The number of pyridine rings is 1. The van der Waals surface area contributed by atoms with Crippen LogP contribution in [0.2, 0.25) is 0 Å². The van der Waals surface area contributed by atoms with Crippen molar-refractivity contribution in [2.75, 3.05) is 27.4 Å². The molecule has 1 unspecified atom stereocenters. The van der Waals surface area contributed by atoms with Gasteiger partial charge in [0.1, 0.15) is 11.8 Å². The van der Waals surface area contributed by atoms with Crippen LogP contribution >= 0.6 is 0 Å². The minimum atomic E-state index is -0.514. The Balaban J connectivity index is 1.65.